The van der Waals surface area contributed by atoms with Gasteiger partial charge in [0.2, 0.25) is 0 Å². The highest BCUT2D eigenvalue weighted by Gasteiger charge is 2.16. The Hall–Kier alpha value is -4.52. The van der Waals surface area contributed by atoms with Gasteiger partial charge in [0.25, 0.3) is 0 Å². The predicted molar refractivity (Wildman–Crippen MR) is 142 cm³/mol. The van der Waals surface area contributed by atoms with E-state index in [1.165, 1.54) is 5.57 Å². The molecule has 0 saturated carbocycles. The smallest absolute Gasteiger partial charge is 0.181 e. The number of rotatable bonds is 7. The maximum Gasteiger partial charge on any atom is 0.181 e. The highest BCUT2D eigenvalue weighted by atomic mass is 15.2. The third-order valence-electron chi connectivity index (χ3n) is 6.25. The maximum atomic E-state index is 4.61. The second kappa shape index (κ2) is 8.68. The molecule has 0 aromatic carbocycles. The van der Waals surface area contributed by atoms with Crippen LogP contribution in [0, 0.1) is 0 Å². The Labute approximate surface area is 202 Å². The van der Waals surface area contributed by atoms with Crippen LogP contribution in [-0.2, 0) is 0 Å². The van der Waals surface area contributed by atoms with Crippen molar-refractivity contribution in [3.8, 4) is 22.5 Å². The molecule has 0 bridgehead atoms. The molecule has 5 aromatic rings. The number of fused-ring (bicyclic) bond motifs is 2. The second-order valence-corrected chi connectivity index (χ2v) is 8.76. The number of pyridine rings is 3. The first kappa shape index (κ1) is 21.0. The molecule has 5 heterocycles. The number of hydrogen-bond donors (Lipinski definition) is 3. The van der Waals surface area contributed by atoms with Gasteiger partial charge < -0.3 is 10.3 Å². The lowest BCUT2D eigenvalue weighted by atomic mass is 10.0. The van der Waals surface area contributed by atoms with Gasteiger partial charge in [-0.25, -0.2) is 4.98 Å². The van der Waals surface area contributed by atoms with E-state index in [4.69, 9.17) is 0 Å². The van der Waals surface area contributed by atoms with Gasteiger partial charge in [0, 0.05) is 51.8 Å². The summed E-state index contributed by atoms with van der Waals surface area (Å²) in [6, 6.07) is 6.33. The van der Waals surface area contributed by atoms with Crippen molar-refractivity contribution in [2.24, 2.45) is 0 Å². The van der Waals surface area contributed by atoms with Gasteiger partial charge in [-0.1, -0.05) is 38.2 Å². The van der Waals surface area contributed by atoms with Gasteiger partial charge in [0.1, 0.15) is 0 Å². The molecule has 0 fully saturated rings. The van der Waals surface area contributed by atoms with Crippen LogP contribution in [0.2, 0.25) is 0 Å². The van der Waals surface area contributed by atoms with E-state index in [0.29, 0.717) is 5.65 Å². The molecule has 0 radical (unpaired) electrons. The zero-order chi connectivity index (χ0) is 23.8. The summed E-state index contributed by atoms with van der Waals surface area (Å²) in [4.78, 5) is 17.0. The molecule has 0 atom stereocenters. The predicted octanol–water partition coefficient (Wildman–Crippen LogP) is 6.63. The second-order valence-electron chi connectivity index (χ2n) is 8.76. The molecular weight excluding hydrogens is 434 g/mol. The van der Waals surface area contributed by atoms with Gasteiger partial charge in [0.15, 0.2) is 5.65 Å². The van der Waals surface area contributed by atoms with Crippen molar-refractivity contribution >= 4 is 33.2 Å². The monoisotopic (exact) mass is 459 g/mol. The van der Waals surface area contributed by atoms with Gasteiger partial charge in [-0.2, -0.15) is 5.10 Å². The highest BCUT2D eigenvalue weighted by Crippen LogP contribution is 2.34. The Morgan fingerprint density at radius 1 is 1.03 bits per heavy atom. The molecule has 3 N–H and O–H groups in total. The summed E-state index contributed by atoms with van der Waals surface area (Å²) >= 11 is 0. The normalized spacial score (nSPS) is 13.0. The van der Waals surface area contributed by atoms with Crippen LogP contribution >= 0.6 is 0 Å². The topological polar surface area (TPSA) is 95.2 Å². The Morgan fingerprint density at radius 3 is 2.77 bits per heavy atom. The molecular formula is C28H25N7. The molecule has 0 spiro atoms. The molecule has 7 nitrogen and oxygen atoms in total. The van der Waals surface area contributed by atoms with Crippen LogP contribution in [0.1, 0.15) is 31.7 Å². The van der Waals surface area contributed by atoms with E-state index in [-0.39, 0.29) is 0 Å². The third kappa shape index (κ3) is 3.91. The molecule has 7 heteroatoms. The summed E-state index contributed by atoms with van der Waals surface area (Å²) in [5.74, 6) is 0. The minimum atomic E-state index is 0.667. The van der Waals surface area contributed by atoms with Crippen molar-refractivity contribution in [2.75, 3.05) is 5.32 Å². The summed E-state index contributed by atoms with van der Waals surface area (Å²) in [6.45, 7) is 6.23. The van der Waals surface area contributed by atoms with Crippen molar-refractivity contribution < 1.29 is 0 Å². The molecule has 6 rings (SSSR count). The number of hydrogen-bond acceptors (Lipinski definition) is 5. The summed E-state index contributed by atoms with van der Waals surface area (Å²) in [5.41, 5.74) is 9.67. The lowest BCUT2D eigenvalue weighted by Gasteiger charge is -2.09. The minimum Gasteiger partial charge on any atom is -0.358 e. The first-order chi connectivity index (χ1) is 17.2. The van der Waals surface area contributed by atoms with Gasteiger partial charge in [-0.15, -0.1) is 0 Å². The van der Waals surface area contributed by atoms with E-state index in [0.717, 1.165) is 75.0 Å². The van der Waals surface area contributed by atoms with E-state index in [9.17, 15) is 0 Å². The fourth-order valence-electron chi connectivity index (χ4n) is 4.57. The number of aromatic amines is 2. The number of aromatic nitrogens is 6. The van der Waals surface area contributed by atoms with E-state index >= 15 is 0 Å². The number of nitrogens with zero attached hydrogens (tertiary/aromatic N) is 4. The highest BCUT2D eigenvalue weighted by molar-refractivity contribution is 6.00. The Kier molecular flexibility index (Phi) is 5.22. The maximum absolute atomic E-state index is 4.61. The largest absolute Gasteiger partial charge is 0.358 e. The molecule has 1 aliphatic rings. The van der Waals surface area contributed by atoms with Crippen LogP contribution in [0.25, 0.3) is 50.0 Å². The summed E-state index contributed by atoms with van der Waals surface area (Å²) in [5, 5.41) is 13.0. The van der Waals surface area contributed by atoms with Crippen LogP contribution < -0.4 is 5.32 Å². The van der Waals surface area contributed by atoms with Crippen molar-refractivity contribution in [1.82, 2.24) is 30.1 Å². The van der Waals surface area contributed by atoms with Crippen molar-refractivity contribution in [3.05, 3.63) is 85.3 Å². The minimum absolute atomic E-state index is 0.667. The average Bonchev–Trinajstić information content (AvgIpc) is 3.63. The van der Waals surface area contributed by atoms with E-state index in [1.807, 2.05) is 31.0 Å². The van der Waals surface area contributed by atoms with Crippen molar-refractivity contribution in [2.45, 2.75) is 26.2 Å². The Bertz CT molecular complexity index is 1630. The van der Waals surface area contributed by atoms with Gasteiger partial charge in [-0.05, 0) is 36.6 Å². The zero-order valence-corrected chi connectivity index (χ0v) is 19.5. The first-order valence-corrected chi connectivity index (χ1v) is 11.8. The molecule has 0 saturated heterocycles. The molecule has 172 valence electrons. The van der Waals surface area contributed by atoms with Crippen LogP contribution in [0.4, 0.5) is 5.69 Å². The number of allylic oxidation sites excluding steroid dienone is 5. The average molecular weight is 460 g/mol. The third-order valence-corrected chi connectivity index (χ3v) is 6.25. The Balaban J connectivity index is 1.40. The standard InChI is InChI=1S/C28H25N7/c1-3-6-17(2)32-21-9-19(12-29-14-21)20-10-23-27(34-35-28(23)31-13-20)25-11-22-24(18-7-4-5-8-18)15-30-16-26(22)33-25/h4,7-16,32-33H,2-3,5-6H2,1H3,(H,31,34,35). The zero-order valence-electron chi connectivity index (χ0n) is 19.5. The molecule has 0 aliphatic heterocycles. The molecule has 1 aliphatic carbocycles. The molecule has 0 unspecified atom stereocenters. The molecule has 0 amide bonds. The van der Waals surface area contributed by atoms with Gasteiger partial charge in [-0.3, -0.25) is 15.1 Å². The van der Waals surface area contributed by atoms with Gasteiger partial charge >= 0.3 is 0 Å². The number of nitrogens with one attached hydrogen (secondary N) is 3. The fourth-order valence-corrected chi connectivity index (χ4v) is 4.57. The molecule has 5 aromatic heterocycles. The first-order valence-electron chi connectivity index (χ1n) is 11.8. The number of anilines is 1. The lowest BCUT2D eigenvalue weighted by Crippen LogP contribution is -1.98. The van der Waals surface area contributed by atoms with Crippen LogP contribution in [-0.4, -0.2) is 30.1 Å². The van der Waals surface area contributed by atoms with Crippen LogP contribution in [0.3, 0.4) is 0 Å². The van der Waals surface area contributed by atoms with Gasteiger partial charge in [0.05, 0.1) is 35.0 Å². The van der Waals surface area contributed by atoms with E-state index in [1.54, 1.807) is 0 Å². The van der Waals surface area contributed by atoms with Crippen LogP contribution in [0.5, 0.6) is 0 Å². The Morgan fingerprint density at radius 2 is 1.91 bits per heavy atom. The quantitative estimate of drug-likeness (QED) is 0.254. The van der Waals surface area contributed by atoms with Crippen LogP contribution in [0.15, 0.2) is 79.7 Å². The van der Waals surface area contributed by atoms with Crippen molar-refractivity contribution in [3.63, 3.8) is 0 Å². The van der Waals surface area contributed by atoms with E-state index < -0.39 is 0 Å². The summed E-state index contributed by atoms with van der Waals surface area (Å²) < 4.78 is 0. The SMILES string of the molecule is C=C(CCC)Nc1cncc(-c2cnc3n[nH]c(-c4cc5c(C6=CCC=C6)cncc5[nH]4)c3c2)c1. The number of H-pyrrole nitrogens is 2. The summed E-state index contributed by atoms with van der Waals surface area (Å²) in [6.07, 6.45) is 18.7. The lowest BCUT2D eigenvalue weighted by molar-refractivity contribution is 0.913. The van der Waals surface area contributed by atoms with E-state index in [2.05, 4.69) is 85.4 Å². The molecule has 35 heavy (non-hydrogen) atoms. The fraction of sp³-hybridized carbons (Fsp3) is 0.143. The summed E-state index contributed by atoms with van der Waals surface area (Å²) in [7, 11) is 0. The van der Waals surface area contributed by atoms with Crippen molar-refractivity contribution in [1.29, 1.82) is 0 Å².